The molecule has 1 aromatic rings. The molecule has 0 saturated heterocycles. The van der Waals surface area contributed by atoms with E-state index in [1.165, 1.54) is 0 Å². The third kappa shape index (κ3) is 4.80. The number of benzene rings is 1. The van der Waals surface area contributed by atoms with Crippen LogP contribution in [0, 0.1) is 6.92 Å². The van der Waals surface area contributed by atoms with Gasteiger partial charge in [-0.15, -0.1) is 0 Å². The zero-order valence-electron chi connectivity index (χ0n) is 11.9. The molecule has 1 atom stereocenters. The minimum Gasteiger partial charge on any atom is -0.316 e. The number of nitrogens with one attached hydrogen (secondary N) is 2. The van der Waals surface area contributed by atoms with E-state index in [2.05, 4.69) is 10.0 Å². The number of rotatable bonds is 7. The van der Waals surface area contributed by atoms with Crippen LogP contribution in [0.25, 0.3) is 0 Å². The average Bonchev–Trinajstić information content (AvgIpc) is 2.31. The van der Waals surface area contributed by atoms with E-state index in [0.29, 0.717) is 11.4 Å². The first-order valence-electron chi connectivity index (χ1n) is 6.16. The van der Waals surface area contributed by atoms with Crippen molar-refractivity contribution in [3.8, 4) is 0 Å². The van der Waals surface area contributed by atoms with Gasteiger partial charge in [-0.05, 0) is 44.3 Å². The fourth-order valence-corrected chi connectivity index (χ4v) is 4.09. The number of hydrogen-bond donors (Lipinski definition) is 2. The summed E-state index contributed by atoms with van der Waals surface area (Å²) in [5.74, 6) is 0.758. The molecule has 1 unspecified atom stereocenters. The highest BCUT2D eigenvalue weighted by Crippen LogP contribution is 2.17. The molecule has 0 aromatic heterocycles. The van der Waals surface area contributed by atoms with Gasteiger partial charge in [0.05, 0.1) is 4.90 Å². The Morgan fingerprint density at radius 3 is 2.63 bits per heavy atom. The highest BCUT2D eigenvalue weighted by molar-refractivity contribution is 7.98. The maximum Gasteiger partial charge on any atom is 0.241 e. The van der Waals surface area contributed by atoms with Crippen molar-refractivity contribution in [3.63, 3.8) is 0 Å². The van der Waals surface area contributed by atoms with E-state index in [1.54, 1.807) is 17.8 Å². The van der Waals surface area contributed by atoms with Crippen molar-refractivity contribution in [2.75, 3.05) is 19.1 Å². The standard InChI is InChI=1S/C13H22N2O2S2/c1-10-5-6-12(8-14-3)7-13(10)19(16,17)15-11(2)9-18-4/h5-7,11,14-15H,8-9H2,1-4H3. The Morgan fingerprint density at radius 1 is 1.37 bits per heavy atom. The fourth-order valence-electron chi connectivity index (χ4n) is 1.86. The average molecular weight is 302 g/mol. The van der Waals surface area contributed by atoms with Crippen molar-refractivity contribution in [2.24, 2.45) is 0 Å². The monoisotopic (exact) mass is 302 g/mol. The molecule has 6 heteroatoms. The van der Waals surface area contributed by atoms with Crippen LogP contribution in [0.4, 0.5) is 0 Å². The van der Waals surface area contributed by atoms with Gasteiger partial charge in [-0.25, -0.2) is 13.1 Å². The number of aryl methyl sites for hydroxylation is 1. The van der Waals surface area contributed by atoms with E-state index in [9.17, 15) is 8.42 Å². The van der Waals surface area contributed by atoms with Crippen LogP contribution >= 0.6 is 11.8 Å². The molecule has 0 saturated carbocycles. The number of thioether (sulfide) groups is 1. The summed E-state index contributed by atoms with van der Waals surface area (Å²) < 4.78 is 27.4. The molecule has 0 aliphatic heterocycles. The van der Waals surface area contributed by atoms with Crippen LogP contribution in [0.2, 0.25) is 0 Å². The van der Waals surface area contributed by atoms with Crippen molar-refractivity contribution in [2.45, 2.75) is 31.3 Å². The third-order valence-electron chi connectivity index (χ3n) is 2.70. The molecule has 0 heterocycles. The molecule has 0 amide bonds. The van der Waals surface area contributed by atoms with E-state index in [-0.39, 0.29) is 6.04 Å². The second-order valence-electron chi connectivity index (χ2n) is 4.61. The summed E-state index contributed by atoms with van der Waals surface area (Å²) in [6.07, 6.45) is 1.96. The lowest BCUT2D eigenvalue weighted by Crippen LogP contribution is -2.34. The Balaban J connectivity index is 3.02. The van der Waals surface area contributed by atoms with Gasteiger partial charge >= 0.3 is 0 Å². The minimum absolute atomic E-state index is 0.0765. The van der Waals surface area contributed by atoms with E-state index >= 15 is 0 Å². The van der Waals surface area contributed by atoms with Gasteiger partial charge in [-0.3, -0.25) is 0 Å². The van der Waals surface area contributed by atoms with Gasteiger partial charge in [0.15, 0.2) is 0 Å². The normalized spacial score (nSPS) is 13.5. The first-order valence-corrected chi connectivity index (χ1v) is 9.03. The summed E-state index contributed by atoms with van der Waals surface area (Å²) in [4.78, 5) is 0.369. The van der Waals surface area contributed by atoms with Gasteiger partial charge in [0.2, 0.25) is 10.0 Å². The Morgan fingerprint density at radius 2 is 2.05 bits per heavy atom. The van der Waals surface area contributed by atoms with Crippen LogP contribution < -0.4 is 10.0 Å². The molecule has 0 aliphatic carbocycles. The summed E-state index contributed by atoms with van der Waals surface area (Å²) in [5.41, 5.74) is 1.73. The largest absolute Gasteiger partial charge is 0.316 e. The highest BCUT2D eigenvalue weighted by atomic mass is 32.2. The van der Waals surface area contributed by atoms with Crippen LogP contribution in [-0.2, 0) is 16.6 Å². The molecular weight excluding hydrogens is 280 g/mol. The van der Waals surface area contributed by atoms with Crippen LogP contribution in [0.3, 0.4) is 0 Å². The molecule has 0 aliphatic rings. The Labute approximate surface area is 120 Å². The Bertz CT molecular complexity index is 515. The van der Waals surface area contributed by atoms with Gasteiger partial charge < -0.3 is 5.32 Å². The topological polar surface area (TPSA) is 58.2 Å². The van der Waals surface area contributed by atoms with Crippen molar-refractivity contribution in [1.82, 2.24) is 10.0 Å². The molecule has 4 nitrogen and oxygen atoms in total. The van der Waals surface area contributed by atoms with Gasteiger partial charge in [0.1, 0.15) is 0 Å². The second kappa shape index (κ2) is 7.28. The lowest BCUT2D eigenvalue weighted by molar-refractivity contribution is 0.570. The second-order valence-corrected chi connectivity index (χ2v) is 7.20. The zero-order chi connectivity index (χ0) is 14.5. The van der Waals surface area contributed by atoms with Gasteiger partial charge in [0.25, 0.3) is 0 Å². The molecule has 0 fully saturated rings. The minimum atomic E-state index is -3.44. The third-order valence-corrected chi connectivity index (χ3v) is 5.26. The smallest absolute Gasteiger partial charge is 0.241 e. The predicted octanol–water partition coefficient (Wildman–Crippen LogP) is 1.74. The van der Waals surface area contributed by atoms with Crippen LogP contribution in [-0.4, -0.2) is 33.5 Å². The first kappa shape index (κ1) is 16.5. The number of hydrogen-bond acceptors (Lipinski definition) is 4. The van der Waals surface area contributed by atoms with Crippen LogP contribution in [0.5, 0.6) is 0 Å². The van der Waals surface area contributed by atoms with Gasteiger partial charge in [-0.1, -0.05) is 12.1 Å². The Hall–Kier alpha value is -0.560. The van der Waals surface area contributed by atoms with Crippen molar-refractivity contribution < 1.29 is 8.42 Å². The van der Waals surface area contributed by atoms with Gasteiger partial charge in [-0.2, -0.15) is 11.8 Å². The molecule has 2 N–H and O–H groups in total. The zero-order valence-corrected chi connectivity index (χ0v) is 13.5. The van der Waals surface area contributed by atoms with Crippen LogP contribution in [0.1, 0.15) is 18.1 Å². The van der Waals surface area contributed by atoms with E-state index in [1.807, 2.05) is 39.3 Å². The lowest BCUT2D eigenvalue weighted by atomic mass is 10.1. The van der Waals surface area contributed by atoms with Crippen LogP contribution in [0.15, 0.2) is 23.1 Å². The van der Waals surface area contributed by atoms with E-state index < -0.39 is 10.0 Å². The summed E-state index contributed by atoms with van der Waals surface area (Å²) in [6, 6.07) is 5.45. The quantitative estimate of drug-likeness (QED) is 0.805. The fraction of sp³-hybridized carbons (Fsp3) is 0.538. The molecular formula is C13H22N2O2S2. The summed E-state index contributed by atoms with van der Waals surface area (Å²) in [6.45, 7) is 4.35. The highest BCUT2D eigenvalue weighted by Gasteiger charge is 2.19. The maximum absolute atomic E-state index is 12.4. The molecule has 19 heavy (non-hydrogen) atoms. The summed E-state index contributed by atoms with van der Waals surface area (Å²) >= 11 is 1.62. The van der Waals surface area contributed by atoms with E-state index in [0.717, 1.165) is 16.9 Å². The van der Waals surface area contributed by atoms with Crippen molar-refractivity contribution >= 4 is 21.8 Å². The van der Waals surface area contributed by atoms with Crippen molar-refractivity contribution in [3.05, 3.63) is 29.3 Å². The van der Waals surface area contributed by atoms with Crippen molar-refractivity contribution in [1.29, 1.82) is 0 Å². The summed E-state index contributed by atoms with van der Waals surface area (Å²) in [7, 11) is -1.60. The molecule has 1 rings (SSSR count). The molecule has 0 bridgehead atoms. The summed E-state index contributed by atoms with van der Waals surface area (Å²) in [5, 5.41) is 3.02. The maximum atomic E-state index is 12.4. The number of sulfonamides is 1. The predicted molar refractivity (Wildman–Crippen MR) is 82.1 cm³/mol. The van der Waals surface area contributed by atoms with Gasteiger partial charge in [0, 0.05) is 18.3 Å². The molecule has 108 valence electrons. The lowest BCUT2D eigenvalue weighted by Gasteiger charge is -2.15. The molecule has 1 aromatic carbocycles. The molecule has 0 radical (unpaired) electrons. The Kier molecular flexibility index (Phi) is 6.32. The molecule has 0 spiro atoms. The SMILES string of the molecule is CNCc1ccc(C)c(S(=O)(=O)NC(C)CSC)c1. The van der Waals surface area contributed by atoms with E-state index in [4.69, 9.17) is 0 Å². The first-order chi connectivity index (χ1) is 8.90.